The molecule has 2 atom stereocenters. The summed E-state index contributed by atoms with van der Waals surface area (Å²) in [6, 6.07) is 10.8. The molecule has 3 heteroatoms. The summed E-state index contributed by atoms with van der Waals surface area (Å²) in [7, 11) is 0. The molecule has 0 aromatic heterocycles. The van der Waals surface area contributed by atoms with Crippen LogP contribution in [0.25, 0.3) is 0 Å². The van der Waals surface area contributed by atoms with E-state index in [1.165, 1.54) is 5.56 Å². The average Bonchev–Trinajstić information content (AvgIpc) is 2.38. The summed E-state index contributed by atoms with van der Waals surface area (Å²) in [5.41, 5.74) is 0.741. The molecule has 1 aromatic rings. The highest BCUT2D eigenvalue weighted by atomic mass is 16.5. The predicted octanol–water partition coefficient (Wildman–Crippen LogP) is 3.69. The molecule has 0 aliphatic carbocycles. The van der Waals surface area contributed by atoms with Crippen LogP contribution in [0.15, 0.2) is 24.3 Å². The third-order valence-corrected chi connectivity index (χ3v) is 3.22. The maximum atomic E-state index is 9.35. The SMILES string of the molecule is CCc1ccc(OC(C)CC(C)(C#N)NC(C)C)cc1. The fourth-order valence-corrected chi connectivity index (χ4v) is 2.43. The zero-order valence-corrected chi connectivity index (χ0v) is 13.2. The first-order valence-electron chi connectivity index (χ1n) is 7.33. The molecule has 0 aliphatic rings. The maximum absolute atomic E-state index is 9.35. The number of nitrogens with one attached hydrogen (secondary N) is 1. The molecule has 0 saturated carbocycles. The lowest BCUT2D eigenvalue weighted by atomic mass is 9.95. The largest absolute Gasteiger partial charge is 0.491 e. The summed E-state index contributed by atoms with van der Waals surface area (Å²) in [6.07, 6.45) is 1.66. The smallest absolute Gasteiger partial charge is 0.119 e. The van der Waals surface area contributed by atoms with Gasteiger partial charge in [0, 0.05) is 12.5 Å². The van der Waals surface area contributed by atoms with Gasteiger partial charge in [0.15, 0.2) is 0 Å². The van der Waals surface area contributed by atoms with E-state index < -0.39 is 5.54 Å². The molecule has 0 amide bonds. The fourth-order valence-electron chi connectivity index (χ4n) is 2.43. The van der Waals surface area contributed by atoms with Crippen molar-refractivity contribution in [3.05, 3.63) is 29.8 Å². The van der Waals surface area contributed by atoms with Crippen LogP contribution in [0.3, 0.4) is 0 Å². The predicted molar refractivity (Wildman–Crippen MR) is 82.8 cm³/mol. The van der Waals surface area contributed by atoms with Crippen LogP contribution < -0.4 is 10.1 Å². The van der Waals surface area contributed by atoms with Crippen LogP contribution in [0.5, 0.6) is 5.75 Å². The Labute approximate surface area is 123 Å². The lowest BCUT2D eigenvalue weighted by molar-refractivity contribution is 0.176. The minimum atomic E-state index is -0.559. The standard InChI is InChI=1S/C17H26N2O/c1-6-15-7-9-16(10-8-15)20-14(4)11-17(5,12-18)19-13(2)3/h7-10,13-14,19H,6,11H2,1-5H3. The maximum Gasteiger partial charge on any atom is 0.119 e. The Balaban J connectivity index is 2.61. The Bertz CT molecular complexity index is 447. The van der Waals surface area contributed by atoms with E-state index in [9.17, 15) is 5.26 Å². The van der Waals surface area contributed by atoms with Crippen molar-refractivity contribution in [2.24, 2.45) is 0 Å². The zero-order valence-electron chi connectivity index (χ0n) is 13.2. The molecular formula is C17H26N2O. The van der Waals surface area contributed by atoms with E-state index in [1.54, 1.807) is 0 Å². The minimum Gasteiger partial charge on any atom is -0.491 e. The number of rotatable bonds is 7. The van der Waals surface area contributed by atoms with E-state index in [4.69, 9.17) is 4.74 Å². The highest BCUT2D eigenvalue weighted by Gasteiger charge is 2.27. The van der Waals surface area contributed by atoms with Gasteiger partial charge < -0.3 is 4.74 Å². The first kappa shape index (κ1) is 16.5. The lowest BCUT2D eigenvalue weighted by Crippen LogP contribution is -2.47. The second kappa shape index (κ2) is 7.31. The van der Waals surface area contributed by atoms with Crippen LogP contribution in [0, 0.1) is 11.3 Å². The van der Waals surface area contributed by atoms with Crippen LogP contribution in [-0.4, -0.2) is 17.7 Å². The number of nitriles is 1. The Hall–Kier alpha value is -1.53. The Morgan fingerprint density at radius 1 is 1.25 bits per heavy atom. The Morgan fingerprint density at radius 2 is 1.85 bits per heavy atom. The second-order valence-electron chi connectivity index (χ2n) is 5.87. The Morgan fingerprint density at radius 3 is 2.30 bits per heavy atom. The highest BCUT2D eigenvalue weighted by molar-refractivity contribution is 5.27. The zero-order chi connectivity index (χ0) is 15.2. The quantitative estimate of drug-likeness (QED) is 0.825. The van der Waals surface area contributed by atoms with Crippen molar-refractivity contribution in [1.29, 1.82) is 5.26 Å². The fraction of sp³-hybridized carbons (Fsp3) is 0.588. The number of hydrogen-bond donors (Lipinski definition) is 1. The van der Waals surface area contributed by atoms with Gasteiger partial charge in [-0.15, -0.1) is 0 Å². The molecule has 0 heterocycles. The van der Waals surface area contributed by atoms with Gasteiger partial charge in [-0.2, -0.15) is 5.26 Å². The molecule has 2 unspecified atom stereocenters. The van der Waals surface area contributed by atoms with Gasteiger partial charge in [-0.1, -0.05) is 19.1 Å². The van der Waals surface area contributed by atoms with Gasteiger partial charge >= 0.3 is 0 Å². The third kappa shape index (κ3) is 5.22. The van der Waals surface area contributed by atoms with Crippen LogP contribution in [-0.2, 0) is 6.42 Å². The van der Waals surface area contributed by atoms with Crippen molar-refractivity contribution in [2.45, 2.75) is 65.1 Å². The van der Waals surface area contributed by atoms with Gasteiger partial charge in [-0.05, 0) is 51.8 Å². The van der Waals surface area contributed by atoms with Gasteiger partial charge in [-0.25, -0.2) is 0 Å². The van der Waals surface area contributed by atoms with Crippen molar-refractivity contribution in [3.63, 3.8) is 0 Å². The van der Waals surface area contributed by atoms with Gasteiger partial charge in [0.25, 0.3) is 0 Å². The van der Waals surface area contributed by atoms with Crippen molar-refractivity contribution in [3.8, 4) is 11.8 Å². The summed E-state index contributed by atoms with van der Waals surface area (Å²) in [5, 5.41) is 12.6. The molecule has 0 spiro atoms. The summed E-state index contributed by atoms with van der Waals surface area (Å²) in [5.74, 6) is 0.861. The number of benzene rings is 1. The van der Waals surface area contributed by atoms with Crippen LogP contribution in [0.2, 0.25) is 0 Å². The van der Waals surface area contributed by atoms with Gasteiger partial charge in [0.05, 0.1) is 12.2 Å². The summed E-state index contributed by atoms with van der Waals surface area (Å²) in [6.45, 7) is 10.2. The average molecular weight is 274 g/mol. The van der Waals surface area contributed by atoms with Crippen molar-refractivity contribution in [2.75, 3.05) is 0 Å². The van der Waals surface area contributed by atoms with Gasteiger partial charge in [0.1, 0.15) is 11.3 Å². The molecule has 0 aliphatic heterocycles. The monoisotopic (exact) mass is 274 g/mol. The molecule has 1 N–H and O–H groups in total. The van der Waals surface area contributed by atoms with Crippen LogP contribution >= 0.6 is 0 Å². The van der Waals surface area contributed by atoms with Crippen LogP contribution in [0.4, 0.5) is 0 Å². The molecule has 3 nitrogen and oxygen atoms in total. The van der Waals surface area contributed by atoms with E-state index in [1.807, 2.05) is 39.8 Å². The number of hydrogen-bond acceptors (Lipinski definition) is 3. The first-order valence-corrected chi connectivity index (χ1v) is 7.33. The summed E-state index contributed by atoms with van der Waals surface area (Å²) in [4.78, 5) is 0. The first-order chi connectivity index (χ1) is 9.38. The van der Waals surface area contributed by atoms with Gasteiger partial charge in [-0.3, -0.25) is 5.32 Å². The van der Waals surface area contributed by atoms with E-state index in [0.717, 1.165) is 12.2 Å². The minimum absolute atomic E-state index is 0.0154. The molecule has 0 fully saturated rings. The molecule has 0 radical (unpaired) electrons. The van der Waals surface area contributed by atoms with Crippen molar-refractivity contribution >= 4 is 0 Å². The topological polar surface area (TPSA) is 45.0 Å². The van der Waals surface area contributed by atoms with Crippen LogP contribution in [0.1, 0.15) is 46.6 Å². The molecule has 1 aromatic carbocycles. The number of aryl methyl sites for hydroxylation is 1. The molecule has 1 rings (SSSR count). The molecule has 0 saturated heterocycles. The molecular weight excluding hydrogens is 248 g/mol. The number of ether oxygens (including phenoxy) is 1. The highest BCUT2D eigenvalue weighted by Crippen LogP contribution is 2.19. The van der Waals surface area contributed by atoms with Gasteiger partial charge in [0.2, 0.25) is 0 Å². The second-order valence-corrected chi connectivity index (χ2v) is 5.87. The van der Waals surface area contributed by atoms with E-state index in [-0.39, 0.29) is 12.1 Å². The van der Waals surface area contributed by atoms with Crippen molar-refractivity contribution in [1.82, 2.24) is 5.32 Å². The lowest BCUT2D eigenvalue weighted by Gasteiger charge is -2.29. The van der Waals surface area contributed by atoms with E-state index >= 15 is 0 Å². The molecule has 0 bridgehead atoms. The van der Waals surface area contributed by atoms with E-state index in [2.05, 4.69) is 30.4 Å². The summed E-state index contributed by atoms with van der Waals surface area (Å²) >= 11 is 0. The normalized spacial score (nSPS) is 15.4. The number of nitrogens with zero attached hydrogens (tertiary/aromatic N) is 1. The third-order valence-electron chi connectivity index (χ3n) is 3.22. The molecule has 20 heavy (non-hydrogen) atoms. The Kier molecular flexibility index (Phi) is 6.04. The van der Waals surface area contributed by atoms with Crippen molar-refractivity contribution < 1.29 is 4.74 Å². The summed E-state index contributed by atoms with van der Waals surface area (Å²) < 4.78 is 5.90. The molecule has 110 valence electrons. The van der Waals surface area contributed by atoms with E-state index in [0.29, 0.717) is 6.42 Å².